The predicted molar refractivity (Wildman–Crippen MR) is 101 cm³/mol. The highest BCUT2D eigenvalue weighted by Gasteiger charge is 2.23. The third kappa shape index (κ3) is 5.50. The van der Waals surface area contributed by atoms with Crippen molar-refractivity contribution in [2.45, 2.75) is 24.5 Å². The fourth-order valence-corrected chi connectivity index (χ4v) is 3.25. The van der Waals surface area contributed by atoms with E-state index in [9.17, 15) is 13.2 Å². The molecule has 0 aliphatic carbocycles. The van der Waals surface area contributed by atoms with Crippen LogP contribution >= 0.6 is 0 Å². The molecule has 1 aromatic carbocycles. The van der Waals surface area contributed by atoms with E-state index in [2.05, 4.69) is 19.7 Å². The van der Waals surface area contributed by atoms with E-state index in [0.29, 0.717) is 11.7 Å². The van der Waals surface area contributed by atoms with Crippen LogP contribution in [-0.4, -0.2) is 56.6 Å². The number of esters is 1. The van der Waals surface area contributed by atoms with Gasteiger partial charge in [-0.3, -0.25) is 4.79 Å². The van der Waals surface area contributed by atoms with Crippen LogP contribution in [0.5, 0.6) is 5.75 Å². The molecular weight excluding hydrogens is 388 g/mol. The number of nitrogens with one attached hydrogen (secondary N) is 1. The SMILES string of the molecule is COc1ccc(S(=O)(=O)N[C@@H](C)C(=O)OCc2nc(N)nc(N(C)C)n2)cc1. The van der Waals surface area contributed by atoms with E-state index in [0.717, 1.165) is 0 Å². The molecule has 0 aliphatic heterocycles. The zero-order chi connectivity index (χ0) is 20.9. The van der Waals surface area contributed by atoms with Crippen molar-refractivity contribution in [2.75, 3.05) is 31.8 Å². The fraction of sp³-hybridized carbons (Fsp3) is 0.375. The number of carbonyl (C=O) groups excluding carboxylic acids is 1. The minimum absolute atomic E-state index is 0.00573. The molecule has 0 aliphatic rings. The van der Waals surface area contributed by atoms with Crippen LogP contribution in [0.15, 0.2) is 29.2 Å². The molecule has 1 heterocycles. The number of benzene rings is 1. The number of nitrogens with two attached hydrogens (primary N) is 1. The van der Waals surface area contributed by atoms with Crippen molar-refractivity contribution in [1.29, 1.82) is 0 Å². The molecule has 0 saturated carbocycles. The summed E-state index contributed by atoms with van der Waals surface area (Å²) in [7, 11) is 1.01. The van der Waals surface area contributed by atoms with E-state index in [4.69, 9.17) is 15.2 Å². The Hall–Kier alpha value is -2.99. The van der Waals surface area contributed by atoms with Crippen LogP contribution in [0.1, 0.15) is 12.7 Å². The molecule has 0 bridgehead atoms. The van der Waals surface area contributed by atoms with Crippen LogP contribution in [0.2, 0.25) is 0 Å². The van der Waals surface area contributed by atoms with Crippen molar-refractivity contribution in [1.82, 2.24) is 19.7 Å². The van der Waals surface area contributed by atoms with E-state index < -0.39 is 22.0 Å². The number of rotatable bonds is 8. The quantitative estimate of drug-likeness (QED) is 0.566. The summed E-state index contributed by atoms with van der Waals surface area (Å²) < 4.78 is 37.1. The molecule has 0 radical (unpaired) electrons. The number of ether oxygens (including phenoxy) is 2. The monoisotopic (exact) mass is 410 g/mol. The first-order chi connectivity index (χ1) is 13.1. The molecule has 0 unspecified atom stereocenters. The second-order valence-electron chi connectivity index (χ2n) is 5.93. The number of hydrogen-bond acceptors (Lipinski definition) is 10. The van der Waals surface area contributed by atoms with Gasteiger partial charge in [0.15, 0.2) is 12.4 Å². The van der Waals surface area contributed by atoms with Gasteiger partial charge in [-0.2, -0.15) is 19.7 Å². The first-order valence-electron chi connectivity index (χ1n) is 8.13. The average molecular weight is 410 g/mol. The van der Waals surface area contributed by atoms with Crippen molar-refractivity contribution in [3.05, 3.63) is 30.1 Å². The second-order valence-corrected chi connectivity index (χ2v) is 7.64. The number of nitrogen functional groups attached to an aromatic ring is 1. The Morgan fingerprint density at radius 2 is 1.86 bits per heavy atom. The zero-order valence-electron chi connectivity index (χ0n) is 15.9. The Morgan fingerprint density at radius 3 is 2.43 bits per heavy atom. The summed E-state index contributed by atoms with van der Waals surface area (Å²) in [6, 6.07) is 4.63. The maximum Gasteiger partial charge on any atom is 0.324 e. The van der Waals surface area contributed by atoms with E-state index >= 15 is 0 Å². The van der Waals surface area contributed by atoms with E-state index in [-0.39, 0.29) is 23.3 Å². The number of aromatic nitrogens is 3. The lowest BCUT2D eigenvalue weighted by Crippen LogP contribution is -2.39. The number of anilines is 2. The molecule has 11 nitrogen and oxygen atoms in total. The second kappa shape index (κ2) is 8.80. The Labute approximate surface area is 163 Å². The largest absolute Gasteiger partial charge is 0.497 e. The lowest BCUT2D eigenvalue weighted by atomic mass is 10.3. The summed E-state index contributed by atoms with van der Waals surface area (Å²) in [5.74, 6) is 0.169. The van der Waals surface area contributed by atoms with Gasteiger partial charge in [0, 0.05) is 14.1 Å². The molecule has 12 heteroatoms. The van der Waals surface area contributed by atoms with Crippen molar-refractivity contribution in [3.63, 3.8) is 0 Å². The summed E-state index contributed by atoms with van der Waals surface area (Å²) in [5.41, 5.74) is 5.60. The summed E-state index contributed by atoms with van der Waals surface area (Å²) in [4.78, 5) is 25.7. The molecule has 0 saturated heterocycles. The van der Waals surface area contributed by atoms with Crippen LogP contribution in [0.25, 0.3) is 0 Å². The van der Waals surface area contributed by atoms with Gasteiger partial charge in [0.25, 0.3) is 0 Å². The van der Waals surface area contributed by atoms with Gasteiger partial charge in [-0.1, -0.05) is 0 Å². The smallest absolute Gasteiger partial charge is 0.324 e. The van der Waals surface area contributed by atoms with E-state index in [1.807, 2.05) is 0 Å². The van der Waals surface area contributed by atoms with Gasteiger partial charge in [-0.15, -0.1) is 0 Å². The van der Waals surface area contributed by atoms with Crippen molar-refractivity contribution in [3.8, 4) is 5.75 Å². The molecule has 28 heavy (non-hydrogen) atoms. The first-order valence-corrected chi connectivity index (χ1v) is 9.61. The van der Waals surface area contributed by atoms with Gasteiger partial charge in [0.05, 0.1) is 12.0 Å². The Morgan fingerprint density at radius 1 is 1.21 bits per heavy atom. The molecule has 1 atom stereocenters. The number of carbonyl (C=O) groups is 1. The Bertz CT molecular complexity index is 933. The van der Waals surface area contributed by atoms with E-state index in [1.165, 1.54) is 38.3 Å². The molecule has 2 rings (SSSR count). The third-order valence-corrected chi connectivity index (χ3v) is 5.04. The molecule has 0 fully saturated rings. The molecule has 1 aromatic heterocycles. The van der Waals surface area contributed by atoms with E-state index in [1.54, 1.807) is 19.0 Å². The maximum absolute atomic E-state index is 12.4. The van der Waals surface area contributed by atoms with Crippen molar-refractivity contribution in [2.24, 2.45) is 0 Å². The Balaban J connectivity index is 2.00. The van der Waals surface area contributed by atoms with Gasteiger partial charge in [0.1, 0.15) is 11.8 Å². The van der Waals surface area contributed by atoms with Crippen LogP contribution in [0.4, 0.5) is 11.9 Å². The van der Waals surface area contributed by atoms with Crippen LogP contribution in [0, 0.1) is 0 Å². The molecule has 2 aromatic rings. The lowest BCUT2D eigenvalue weighted by molar-refractivity contribution is -0.146. The Kier molecular flexibility index (Phi) is 6.70. The molecule has 0 spiro atoms. The van der Waals surface area contributed by atoms with Crippen LogP contribution in [0.3, 0.4) is 0 Å². The number of sulfonamides is 1. The van der Waals surface area contributed by atoms with Crippen molar-refractivity contribution < 1.29 is 22.7 Å². The van der Waals surface area contributed by atoms with Crippen LogP contribution < -0.4 is 20.1 Å². The molecule has 3 N–H and O–H groups in total. The van der Waals surface area contributed by atoms with Crippen molar-refractivity contribution >= 4 is 27.9 Å². The molecule has 152 valence electrons. The number of methoxy groups -OCH3 is 1. The number of nitrogens with zero attached hydrogens (tertiary/aromatic N) is 4. The van der Waals surface area contributed by atoms with Gasteiger partial charge in [0.2, 0.25) is 21.9 Å². The molecular formula is C16H22N6O5S. The third-order valence-electron chi connectivity index (χ3n) is 3.49. The molecule has 0 amide bonds. The maximum atomic E-state index is 12.4. The van der Waals surface area contributed by atoms with Crippen LogP contribution in [-0.2, 0) is 26.2 Å². The highest BCUT2D eigenvalue weighted by Crippen LogP contribution is 2.16. The fourth-order valence-electron chi connectivity index (χ4n) is 2.05. The topological polar surface area (TPSA) is 150 Å². The first kappa shape index (κ1) is 21.3. The van der Waals surface area contributed by atoms with Gasteiger partial charge in [-0.05, 0) is 31.2 Å². The summed E-state index contributed by atoms with van der Waals surface area (Å²) in [6.07, 6.45) is 0. The minimum Gasteiger partial charge on any atom is -0.497 e. The summed E-state index contributed by atoms with van der Waals surface area (Å²) >= 11 is 0. The average Bonchev–Trinajstić information content (AvgIpc) is 2.65. The summed E-state index contributed by atoms with van der Waals surface area (Å²) in [6.45, 7) is 1.09. The summed E-state index contributed by atoms with van der Waals surface area (Å²) in [5, 5.41) is 0. The zero-order valence-corrected chi connectivity index (χ0v) is 16.7. The minimum atomic E-state index is -3.91. The van der Waals surface area contributed by atoms with Gasteiger partial charge >= 0.3 is 5.97 Å². The standard InChI is InChI=1S/C16H22N6O5S/c1-10(21-28(24,25)12-7-5-11(26-4)6-8-12)14(23)27-9-13-18-15(17)20-16(19-13)22(2)3/h5-8,10,21H,9H2,1-4H3,(H2,17,18,19,20)/t10-/m0/s1. The number of hydrogen-bond donors (Lipinski definition) is 2. The highest BCUT2D eigenvalue weighted by molar-refractivity contribution is 7.89. The van der Waals surface area contributed by atoms with Gasteiger partial charge in [-0.25, -0.2) is 8.42 Å². The van der Waals surface area contributed by atoms with Gasteiger partial charge < -0.3 is 20.1 Å². The lowest BCUT2D eigenvalue weighted by Gasteiger charge is -2.14. The predicted octanol–water partition coefficient (Wildman–Crippen LogP) is -0.0614. The normalized spacial score (nSPS) is 12.3. The highest BCUT2D eigenvalue weighted by atomic mass is 32.2.